The van der Waals surface area contributed by atoms with Crippen molar-refractivity contribution in [2.24, 2.45) is 11.8 Å². The second-order valence-electron chi connectivity index (χ2n) is 8.27. The van der Waals surface area contributed by atoms with Gasteiger partial charge in [-0.15, -0.1) is 0 Å². The number of nitrogens with one attached hydrogen (secondary N) is 2. The summed E-state index contributed by atoms with van der Waals surface area (Å²) in [6, 6.07) is 0. The summed E-state index contributed by atoms with van der Waals surface area (Å²) in [7, 11) is 0. The molecule has 0 bridgehead atoms. The van der Waals surface area contributed by atoms with Crippen LogP contribution in [0.25, 0.3) is 0 Å². The third-order valence-corrected chi connectivity index (χ3v) is 6.07. The lowest BCUT2D eigenvalue weighted by molar-refractivity contribution is 0.0471. The van der Waals surface area contributed by atoms with E-state index >= 15 is 0 Å². The Labute approximate surface area is 152 Å². The minimum atomic E-state index is 0.261. The summed E-state index contributed by atoms with van der Waals surface area (Å²) in [5.74, 6) is 1.71. The van der Waals surface area contributed by atoms with E-state index in [1.165, 1.54) is 64.5 Å². The predicted molar refractivity (Wildman–Crippen MR) is 107 cm³/mol. The Bertz CT molecular complexity index is 281. The summed E-state index contributed by atoms with van der Waals surface area (Å²) in [6.07, 6.45) is 10.8. The van der Waals surface area contributed by atoms with Crippen molar-refractivity contribution in [3.63, 3.8) is 0 Å². The summed E-state index contributed by atoms with van der Waals surface area (Å²) in [5, 5.41) is 7.14. The zero-order valence-corrected chi connectivity index (χ0v) is 17.3. The molecule has 0 spiro atoms. The second-order valence-corrected chi connectivity index (χ2v) is 8.27. The van der Waals surface area contributed by atoms with E-state index in [2.05, 4.69) is 50.2 Å². The average Bonchev–Trinajstić information content (AvgIpc) is 2.61. The van der Waals surface area contributed by atoms with Crippen LogP contribution in [0.2, 0.25) is 0 Å². The van der Waals surface area contributed by atoms with Gasteiger partial charge in [0.1, 0.15) is 0 Å². The minimum absolute atomic E-state index is 0.261. The van der Waals surface area contributed by atoms with E-state index in [4.69, 9.17) is 0 Å². The Morgan fingerprint density at radius 2 is 1.29 bits per heavy atom. The molecule has 0 aromatic heterocycles. The van der Waals surface area contributed by atoms with Gasteiger partial charge >= 0.3 is 0 Å². The lowest BCUT2D eigenvalue weighted by atomic mass is 9.90. The van der Waals surface area contributed by atoms with Crippen LogP contribution in [0.4, 0.5) is 0 Å². The fourth-order valence-electron chi connectivity index (χ4n) is 4.01. The van der Waals surface area contributed by atoms with Gasteiger partial charge in [0.2, 0.25) is 0 Å². The van der Waals surface area contributed by atoms with Crippen molar-refractivity contribution < 1.29 is 0 Å². The lowest BCUT2D eigenvalue weighted by Crippen LogP contribution is -2.64. The van der Waals surface area contributed by atoms with Crippen LogP contribution >= 0.6 is 0 Å². The molecule has 2 N–H and O–H groups in total. The topological polar surface area (TPSA) is 27.3 Å². The van der Waals surface area contributed by atoms with Crippen molar-refractivity contribution in [1.29, 1.82) is 0 Å². The maximum atomic E-state index is 3.57. The number of unbranched alkanes of at least 4 members (excludes halogenated alkanes) is 2. The van der Waals surface area contributed by atoms with E-state index in [9.17, 15) is 0 Å². The van der Waals surface area contributed by atoms with E-state index in [1.807, 2.05) is 0 Å². The van der Waals surface area contributed by atoms with Crippen LogP contribution in [0.5, 0.6) is 0 Å². The van der Waals surface area contributed by atoms with Gasteiger partial charge in [-0.1, -0.05) is 66.2 Å². The van der Waals surface area contributed by atoms with Gasteiger partial charge < -0.3 is 10.6 Å². The minimum Gasteiger partial charge on any atom is -0.303 e. The SMILES string of the molecule is CCCCC(CC)CN(CC(CC)CCCC)C1(C)CNCNC1. The Morgan fingerprint density at radius 1 is 0.833 bits per heavy atom. The second kappa shape index (κ2) is 12.3. The predicted octanol–water partition coefficient (Wildman–Crippen LogP) is 4.63. The van der Waals surface area contributed by atoms with Crippen molar-refractivity contribution in [1.82, 2.24) is 15.5 Å². The summed E-state index contributed by atoms with van der Waals surface area (Å²) in [4.78, 5) is 2.85. The normalized spacial score (nSPS) is 20.2. The van der Waals surface area contributed by atoms with Crippen LogP contribution in [0.1, 0.15) is 86.0 Å². The van der Waals surface area contributed by atoms with E-state index in [1.54, 1.807) is 0 Å². The number of hydrogen-bond acceptors (Lipinski definition) is 3. The molecule has 3 heteroatoms. The zero-order valence-electron chi connectivity index (χ0n) is 17.3. The van der Waals surface area contributed by atoms with Gasteiger partial charge in [0.05, 0.1) is 0 Å². The molecule has 1 rings (SSSR count). The molecular weight excluding hydrogens is 294 g/mol. The van der Waals surface area contributed by atoms with E-state index in [0.717, 1.165) is 31.6 Å². The molecule has 1 aliphatic rings. The molecule has 1 aliphatic heterocycles. The molecule has 24 heavy (non-hydrogen) atoms. The Hall–Kier alpha value is -0.120. The van der Waals surface area contributed by atoms with E-state index in [0.29, 0.717) is 0 Å². The molecule has 0 aromatic rings. The Morgan fingerprint density at radius 3 is 1.67 bits per heavy atom. The standard InChI is InChI=1S/C21H45N3/c1-6-10-12-19(8-3)14-24(15-20(9-4)13-11-7-2)21(5)16-22-18-23-17-21/h19-20,22-23H,6-18H2,1-5H3. The maximum Gasteiger partial charge on any atom is 0.0455 e. The van der Waals surface area contributed by atoms with Gasteiger partial charge in [0.15, 0.2) is 0 Å². The molecule has 3 nitrogen and oxygen atoms in total. The summed E-state index contributed by atoms with van der Waals surface area (Å²) in [5.41, 5.74) is 0.261. The third-order valence-electron chi connectivity index (χ3n) is 6.07. The zero-order chi connectivity index (χ0) is 17.8. The van der Waals surface area contributed by atoms with E-state index in [-0.39, 0.29) is 5.54 Å². The highest BCUT2D eigenvalue weighted by atomic mass is 15.3. The maximum absolute atomic E-state index is 3.57. The van der Waals surface area contributed by atoms with Gasteiger partial charge in [-0.3, -0.25) is 4.90 Å². The number of rotatable bonds is 13. The van der Waals surface area contributed by atoms with Crippen LogP contribution in [0.15, 0.2) is 0 Å². The fraction of sp³-hybridized carbons (Fsp3) is 1.00. The smallest absolute Gasteiger partial charge is 0.0455 e. The van der Waals surface area contributed by atoms with Crippen LogP contribution in [0.3, 0.4) is 0 Å². The highest BCUT2D eigenvalue weighted by Gasteiger charge is 2.35. The van der Waals surface area contributed by atoms with Gasteiger partial charge in [-0.05, 0) is 31.6 Å². The largest absolute Gasteiger partial charge is 0.303 e. The molecule has 0 radical (unpaired) electrons. The number of hydrogen-bond donors (Lipinski definition) is 2. The first-order chi connectivity index (χ1) is 11.6. The first kappa shape index (κ1) is 21.9. The van der Waals surface area contributed by atoms with Gasteiger partial charge in [-0.25, -0.2) is 0 Å². The highest BCUT2D eigenvalue weighted by molar-refractivity contribution is 4.94. The molecule has 0 aliphatic carbocycles. The fourth-order valence-corrected chi connectivity index (χ4v) is 4.01. The average molecular weight is 340 g/mol. The molecule has 2 unspecified atom stereocenters. The highest BCUT2D eigenvalue weighted by Crippen LogP contribution is 2.25. The van der Waals surface area contributed by atoms with Crippen LogP contribution in [0, 0.1) is 11.8 Å². The van der Waals surface area contributed by atoms with Crippen molar-refractivity contribution in [3.8, 4) is 0 Å². The third kappa shape index (κ3) is 7.41. The van der Waals surface area contributed by atoms with Crippen LogP contribution in [-0.2, 0) is 0 Å². The monoisotopic (exact) mass is 339 g/mol. The van der Waals surface area contributed by atoms with Crippen molar-refractivity contribution in [2.45, 2.75) is 91.5 Å². The first-order valence-electron chi connectivity index (χ1n) is 10.8. The van der Waals surface area contributed by atoms with E-state index < -0.39 is 0 Å². The number of nitrogens with zero attached hydrogens (tertiary/aromatic N) is 1. The summed E-state index contributed by atoms with van der Waals surface area (Å²) in [6.45, 7) is 17.6. The molecule has 2 atom stereocenters. The van der Waals surface area contributed by atoms with Crippen molar-refractivity contribution >= 4 is 0 Å². The molecular formula is C21H45N3. The molecule has 0 saturated carbocycles. The molecule has 1 heterocycles. The van der Waals surface area contributed by atoms with Crippen LogP contribution < -0.4 is 10.6 Å². The summed E-state index contributed by atoms with van der Waals surface area (Å²) < 4.78 is 0. The van der Waals surface area contributed by atoms with Gasteiger partial charge in [-0.2, -0.15) is 0 Å². The molecule has 1 fully saturated rings. The first-order valence-corrected chi connectivity index (χ1v) is 10.8. The quantitative estimate of drug-likeness (QED) is 0.512. The molecule has 0 aromatic carbocycles. The molecule has 0 amide bonds. The molecule has 144 valence electrons. The lowest BCUT2D eigenvalue weighted by Gasteiger charge is -2.47. The van der Waals surface area contributed by atoms with Gasteiger partial charge in [0, 0.05) is 38.4 Å². The summed E-state index contributed by atoms with van der Waals surface area (Å²) >= 11 is 0. The van der Waals surface area contributed by atoms with Crippen molar-refractivity contribution in [2.75, 3.05) is 32.8 Å². The van der Waals surface area contributed by atoms with Crippen molar-refractivity contribution in [3.05, 3.63) is 0 Å². The van der Waals surface area contributed by atoms with Gasteiger partial charge in [0.25, 0.3) is 0 Å². The Balaban J connectivity index is 2.76. The Kier molecular flexibility index (Phi) is 11.2. The molecule has 1 saturated heterocycles. The van der Waals surface area contributed by atoms with Crippen LogP contribution in [-0.4, -0.2) is 43.3 Å².